The Bertz CT molecular complexity index is 805. The van der Waals surface area contributed by atoms with Gasteiger partial charge in [0.15, 0.2) is 29.0 Å². The smallest absolute Gasteiger partial charge is 0.416 e. The van der Waals surface area contributed by atoms with Crippen LogP contribution in [0, 0.1) is 24.4 Å². The average molecular weight is 414 g/mol. The predicted octanol–water partition coefficient (Wildman–Crippen LogP) is 5.24. The van der Waals surface area contributed by atoms with E-state index >= 15 is 0 Å². The predicted molar refractivity (Wildman–Crippen MR) is 87.8 cm³/mol. The number of hydrogen-bond donors (Lipinski definition) is 2. The Morgan fingerprint density at radius 2 is 1.67 bits per heavy atom. The van der Waals surface area contributed by atoms with Gasteiger partial charge in [-0.3, -0.25) is 0 Å². The SMILES string of the molecule is Cc1cc(F)c(Oc2c(F)cc(C(F)(F)F)cc2F)cc1NCC(O)CCl. The third-order valence-electron chi connectivity index (χ3n) is 3.52. The molecule has 2 rings (SSSR count). The van der Waals surface area contributed by atoms with Crippen LogP contribution < -0.4 is 10.1 Å². The van der Waals surface area contributed by atoms with Crippen LogP contribution in [0.4, 0.5) is 32.0 Å². The Labute approximate surface area is 155 Å². The minimum Gasteiger partial charge on any atom is -0.448 e. The molecule has 0 radical (unpaired) electrons. The number of hydrogen-bond acceptors (Lipinski definition) is 3. The second kappa shape index (κ2) is 8.26. The van der Waals surface area contributed by atoms with E-state index in [0.717, 1.165) is 12.1 Å². The van der Waals surface area contributed by atoms with Gasteiger partial charge in [0.2, 0.25) is 0 Å². The molecule has 0 aliphatic carbocycles. The topological polar surface area (TPSA) is 41.5 Å². The fourth-order valence-electron chi connectivity index (χ4n) is 2.13. The summed E-state index contributed by atoms with van der Waals surface area (Å²) in [6, 6.07) is 2.19. The van der Waals surface area contributed by atoms with Crippen molar-refractivity contribution in [2.75, 3.05) is 17.7 Å². The Morgan fingerprint density at radius 3 is 2.19 bits per heavy atom. The van der Waals surface area contributed by atoms with E-state index in [9.17, 15) is 31.4 Å². The largest absolute Gasteiger partial charge is 0.448 e. The average Bonchev–Trinajstić information content (AvgIpc) is 2.57. The summed E-state index contributed by atoms with van der Waals surface area (Å²) in [5.41, 5.74) is -0.857. The normalized spacial score (nSPS) is 12.8. The van der Waals surface area contributed by atoms with Gasteiger partial charge in [-0.1, -0.05) is 0 Å². The van der Waals surface area contributed by atoms with Crippen LogP contribution in [0.2, 0.25) is 0 Å². The molecule has 1 atom stereocenters. The summed E-state index contributed by atoms with van der Waals surface area (Å²) < 4.78 is 84.4. The van der Waals surface area contributed by atoms with Gasteiger partial charge in [0.05, 0.1) is 17.5 Å². The molecule has 0 saturated carbocycles. The van der Waals surface area contributed by atoms with E-state index in [0.29, 0.717) is 5.56 Å². The number of rotatable bonds is 6. The Kier molecular flexibility index (Phi) is 6.48. The molecule has 0 heterocycles. The van der Waals surface area contributed by atoms with Crippen molar-refractivity contribution in [3.63, 3.8) is 0 Å². The summed E-state index contributed by atoms with van der Waals surface area (Å²) in [5.74, 6) is -6.07. The molecule has 148 valence electrons. The van der Waals surface area contributed by atoms with E-state index in [1.807, 2.05) is 0 Å². The number of anilines is 1. The molecule has 0 fully saturated rings. The fraction of sp³-hybridized carbons (Fsp3) is 0.294. The molecule has 2 aromatic carbocycles. The van der Waals surface area contributed by atoms with E-state index in [4.69, 9.17) is 16.3 Å². The number of ether oxygens (including phenoxy) is 1. The lowest BCUT2D eigenvalue weighted by atomic mass is 10.1. The van der Waals surface area contributed by atoms with Crippen LogP contribution >= 0.6 is 11.6 Å². The lowest BCUT2D eigenvalue weighted by Crippen LogP contribution is -2.21. The van der Waals surface area contributed by atoms with Gasteiger partial charge >= 0.3 is 6.18 Å². The Hall–Kier alpha value is -2.13. The van der Waals surface area contributed by atoms with Crippen molar-refractivity contribution in [2.45, 2.75) is 19.2 Å². The van der Waals surface area contributed by atoms with Gasteiger partial charge in [0.1, 0.15) is 0 Å². The molecule has 0 aliphatic heterocycles. The zero-order chi connectivity index (χ0) is 20.4. The van der Waals surface area contributed by atoms with Crippen LogP contribution in [0.25, 0.3) is 0 Å². The first-order chi connectivity index (χ1) is 12.5. The monoisotopic (exact) mass is 413 g/mol. The molecule has 0 aromatic heterocycles. The lowest BCUT2D eigenvalue weighted by Gasteiger charge is -2.16. The number of benzene rings is 2. The van der Waals surface area contributed by atoms with Crippen molar-refractivity contribution in [2.24, 2.45) is 0 Å². The molecule has 0 bridgehead atoms. The Morgan fingerprint density at radius 1 is 1.07 bits per heavy atom. The first-order valence-electron chi connectivity index (χ1n) is 7.55. The van der Waals surface area contributed by atoms with Crippen molar-refractivity contribution >= 4 is 17.3 Å². The lowest BCUT2D eigenvalue weighted by molar-refractivity contribution is -0.138. The van der Waals surface area contributed by atoms with Crippen molar-refractivity contribution in [1.82, 2.24) is 0 Å². The number of halogens is 7. The molecule has 1 unspecified atom stereocenters. The second-order valence-electron chi connectivity index (χ2n) is 5.66. The van der Waals surface area contributed by atoms with Gasteiger partial charge in [-0.05, 0) is 30.7 Å². The van der Waals surface area contributed by atoms with Gasteiger partial charge in [0.25, 0.3) is 0 Å². The summed E-state index contributed by atoms with van der Waals surface area (Å²) in [6.07, 6.45) is -5.85. The van der Waals surface area contributed by atoms with Gasteiger partial charge in [-0.15, -0.1) is 11.6 Å². The number of aryl methyl sites for hydroxylation is 1. The Balaban J connectivity index is 2.34. The first kappa shape index (κ1) is 21.2. The summed E-state index contributed by atoms with van der Waals surface area (Å²) in [7, 11) is 0. The zero-order valence-corrected chi connectivity index (χ0v) is 14.6. The molecular formula is C17H14ClF6NO2. The highest BCUT2D eigenvalue weighted by Crippen LogP contribution is 2.37. The van der Waals surface area contributed by atoms with E-state index < -0.39 is 46.8 Å². The highest BCUT2D eigenvalue weighted by atomic mass is 35.5. The number of alkyl halides is 4. The van der Waals surface area contributed by atoms with E-state index in [1.165, 1.54) is 6.92 Å². The third-order valence-corrected chi connectivity index (χ3v) is 3.88. The van der Waals surface area contributed by atoms with Crippen molar-refractivity contribution < 1.29 is 36.2 Å². The van der Waals surface area contributed by atoms with Gasteiger partial charge in [0, 0.05) is 18.3 Å². The van der Waals surface area contributed by atoms with Crippen LogP contribution in [0.15, 0.2) is 24.3 Å². The van der Waals surface area contributed by atoms with Crippen molar-refractivity contribution in [3.05, 3.63) is 52.8 Å². The van der Waals surface area contributed by atoms with Gasteiger partial charge in [-0.25, -0.2) is 13.2 Å². The molecule has 0 saturated heterocycles. The molecule has 2 N–H and O–H groups in total. The molecule has 0 amide bonds. The van der Waals surface area contributed by atoms with Crippen molar-refractivity contribution in [1.29, 1.82) is 0 Å². The molecule has 3 nitrogen and oxygen atoms in total. The van der Waals surface area contributed by atoms with E-state index in [1.54, 1.807) is 0 Å². The van der Waals surface area contributed by atoms with Crippen LogP contribution in [-0.2, 0) is 6.18 Å². The summed E-state index contributed by atoms with van der Waals surface area (Å²) in [4.78, 5) is 0. The first-order valence-corrected chi connectivity index (χ1v) is 8.08. The molecule has 27 heavy (non-hydrogen) atoms. The maximum absolute atomic E-state index is 14.1. The van der Waals surface area contributed by atoms with E-state index in [2.05, 4.69) is 5.32 Å². The van der Waals surface area contributed by atoms with Crippen LogP contribution in [0.3, 0.4) is 0 Å². The fourth-order valence-corrected chi connectivity index (χ4v) is 2.24. The molecule has 0 spiro atoms. The third kappa shape index (κ3) is 5.20. The maximum atomic E-state index is 14.1. The second-order valence-corrected chi connectivity index (χ2v) is 5.96. The highest BCUT2D eigenvalue weighted by Gasteiger charge is 2.33. The quantitative estimate of drug-likeness (QED) is 0.503. The minimum absolute atomic E-state index is 0.0123. The standard InChI is InChI=1S/C17H14ClF6NO2/c1-8-2-11(19)15(5-14(8)25-7-10(26)6-18)27-16-12(20)3-9(4-13(16)21)17(22,23)24/h2-5,10,25-26H,6-7H2,1H3. The summed E-state index contributed by atoms with van der Waals surface area (Å²) in [6.45, 7) is 1.54. The molecular weight excluding hydrogens is 400 g/mol. The van der Waals surface area contributed by atoms with Gasteiger partial charge < -0.3 is 15.2 Å². The summed E-state index contributed by atoms with van der Waals surface area (Å²) >= 11 is 5.46. The maximum Gasteiger partial charge on any atom is 0.416 e. The number of nitrogens with one attached hydrogen (secondary N) is 1. The highest BCUT2D eigenvalue weighted by molar-refractivity contribution is 6.18. The molecule has 10 heteroatoms. The number of aliphatic hydroxyl groups excluding tert-OH is 1. The van der Waals surface area contributed by atoms with Crippen LogP contribution in [-0.4, -0.2) is 23.6 Å². The van der Waals surface area contributed by atoms with Gasteiger partial charge in [-0.2, -0.15) is 13.2 Å². The van der Waals surface area contributed by atoms with E-state index in [-0.39, 0.29) is 30.2 Å². The van der Waals surface area contributed by atoms with Crippen molar-refractivity contribution in [3.8, 4) is 11.5 Å². The minimum atomic E-state index is -4.95. The molecule has 2 aromatic rings. The number of aliphatic hydroxyl groups is 1. The summed E-state index contributed by atoms with van der Waals surface area (Å²) in [5, 5.41) is 12.2. The van der Waals surface area contributed by atoms with Crippen LogP contribution in [0.5, 0.6) is 11.5 Å². The molecule has 0 aliphatic rings. The zero-order valence-electron chi connectivity index (χ0n) is 13.8. The van der Waals surface area contributed by atoms with Crippen LogP contribution in [0.1, 0.15) is 11.1 Å².